The Bertz CT molecular complexity index is 1030. The Morgan fingerprint density at radius 2 is 2.03 bits per heavy atom. The molecular weight excluding hydrogens is 382 g/mol. The summed E-state index contributed by atoms with van der Waals surface area (Å²) in [4.78, 5) is 26.5. The van der Waals surface area contributed by atoms with E-state index >= 15 is 0 Å². The van der Waals surface area contributed by atoms with Gasteiger partial charge in [0.2, 0.25) is 0 Å². The number of hydrogen-bond acceptors (Lipinski definition) is 5. The summed E-state index contributed by atoms with van der Waals surface area (Å²) in [5.74, 6) is -1.11. The lowest BCUT2D eigenvalue weighted by atomic mass is 10.1. The first kappa shape index (κ1) is 21.3. The van der Waals surface area contributed by atoms with Crippen LogP contribution in [0, 0.1) is 25.2 Å². The molecule has 7 heteroatoms. The number of carbonyl (C=O) groups excluding carboxylic acids is 2. The Labute approximate surface area is 176 Å². The number of rotatable bonds is 7. The minimum atomic E-state index is -0.806. The molecule has 30 heavy (non-hydrogen) atoms. The quantitative estimate of drug-likeness (QED) is 0.400. The third-order valence-corrected chi connectivity index (χ3v) is 5.29. The number of methoxy groups -OCH3 is 1. The van der Waals surface area contributed by atoms with Gasteiger partial charge in [0.05, 0.1) is 6.61 Å². The number of nitriles is 1. The van der Waals surface area contributed by atoms with Crippen LogP contribution in [0.3, 0.4) is 0 Å². The average Bonchev–Trinajstić information content (AvgIpc) is 3.29. The molecule has 1 aliphatic rings. The Balaban J connectivity index is 1.67. The summed E-state index contributed by atoms with van der Waals surface area (Å²) in [5.41, 5.74) is 4.49. The van der Waals surface area contributed by atoms with Gasteiger partial charge in [0.15, 0.2) is 6.61 Å². The molecule has 1 aromatic carbocycles. The molecule has 1 amide bonds. The molecule has 3 rings (SSSR count). The summed E-state index contributed by atoms with van der Waals surface area (Å²) in [7, 11) is 1.64. The van der Waals surface area contributed by atoms with Crippen LogP contribution in [0.2, 0.25) is 0 Å². The monoisotopic (exact) mass is 407 g/mol. The van der Waals surface area contributed by atoms with Gasteiger partial charge in [0.25, 0.3) is 5.91 Å². The third-order valence-electron chi connectivity index (χ3n) is 5.29. The fraction of sp³-hybridized carbons (Fsp3) is 0.348. The van der Waals surface area contributed by atoms with Gasteiger partial charge in [0.1, 0.15) is 11.6 Å². The molecule has 0 radical (unpaired) electrons. The summed E-state index contributed by atoms with van der Waals surface area (Å²) < 4.78 is 12.3. The van der Waals surface area contributed by atoms with Gasteiger partial charge in [0, 0.05) is 37.3 Å². The van der Waals surface area contributed by atoms with E-state index < -0.39 is 12.6 Å². The molecule has 1 aliphatic heterocycles. The van der Waals surface area contributed by atoms with Crippen molar-refractivity contribution in [3.05, 3.63) is 58.4 Å². The van der Waals surface area contributed by atoms with E-state index in [2.05, 4.69) is 4.57 Å². The Hall–Kier alpha value is -3.37. The van der Waals surface area contributed by atoms with Crippen LogP contribution in [-0.2, 0) is 32.0 Å². The molecule has 7 nitrogen and oxygen atoms in total. The summed E-state index contributed by atoms with van der Waals surface area (Å²) in [6, 6.07) is 11.5. The molecule has 0 spiro atoms. The molecule has 2 aromatic rings. The fourth-order valence-corrected chi connectivity index (χ4v) is 3.67. The lowest BCUT2D eigenvalue weighted by Gasteiger charge is -2.17. The van der Waals surface area contributed by atoms with Crippen molar-refractivity contribution in [3.8, 4) is 6.07 Å². The van der Waals surface area contributed by atoms with Crippen LogP contribution in [0.15, 0.2) is 35.9 Å². The minimum Gasteiger partial charge on any atom is -0.451 e. The van der Waals surface area contributed by atoms with Gasteiger partial charge in [-0.15, -0.1) is 0 Å². The van der Waals surface area contributed by atoms with Gasteiger partial charge < -0.3 is 18.9 Å². The second kappa shape index (κ2) is 9.42. The smallest absolute Gasteiger partial charge is 0.349 e. The number of fused-ring (bicyclic) bond motifs is 1. The zero-order valence-corrected chi connectivity index (χ0v) is 17.5. The highest BCUT2D eigenvalue weighted by Crippen LogP contribution is 2.27. The highest BCUT2D eigenvalue weighted by molar-refractivity contribution is 6.01. The Morgan fingerprint density at radius 3 is 2.77 bits per heavy atom. The van der Waals surface area contributed by atoms with Crippen LogP contribution in [0.5, 0.6) is 0 Å². The standard InChI is InChI=1S/C23H25N3O4/c1-16-12-19(17(2)25(16)10-11-29-3)13-20(14-24)23(28)30-15-22(27)26-9-8-18-6-4-5-7-21(18)26/h4-7,12-13H,8-11,15H2,1-3H3/b20-13-. The number of aryl methyl sites for hydroxylation is 1. The van der Waals surface area contributed by atoms with Gasteiger partial charge in [-0.25, -0.2) is 4.79 Å². The van der Waals surface area contributed by atoms with Crippen molar-refractivity contribution in [1.82, 2.24) is 4.57 Å². The van der Waals surface area contributed by atoms with E-state index in [0.29, 0.717) is 19.7 Å². The number of aromatic nitrogens is 1. The summed E-state index contributed by atoms with van der Waals surface area (Å²) in [5, 5.41) is 9.43. The molecule has 1 aromatic heterocycles. The molecular formula is C23H25N3O4. The zero-order valence-electron chi connectivity index (χ0n) is 17.5. The van der Waals surface area contributed by atoms with Gasteiger partial charge in [-0.1, -0.05) is 18.2 Å². The summed E-state index contributed by atoms with van der Waals surface area (Å²) >= 11 is 0. The number of benzene rings is 1. The molecule has 0 bridgehead atoms. The van der Waals surface area contributed by atoms with Crippen molar-refractivity contribution in [2.75, 3.05) is 31.8 Å². The topological polar surface area (TPSA) is 84.6 Å². The summed E-state index contributed by atoms with van der Waals surface area (Å²) in [6.07, 6.45) is 2.28. The SMILES string of the molecule is COCCn1c(C)cc(/C=C(/C#N)C(=O)OCC(=O)N2CCc3ccccc32)c1C. The number of anilines is 1. The third kappa shape index (κ3) is 4.44. The van der Waals surface area contributed by atoms with Gasteiger partial charge in [-0.05, 0) is 49.6 Å². The predicted octanol–water partition coefficient (Wildman–Crippen LogP) is 2.79. The summed E-state index contributed by atoms with van der Waals surface area (Å²) in [6.45, 7) is 5.28. The number of para-hydroxylation sites is 1. The molecule has 0 atom stereocenters. The van der Waals surface area contributed by atoms with E-state index in [1.54, 1.807) is 12.0 Å². The number of ether oxygens (including phenoxy) is 2. The Morgan fingerprint density at radius 1 is 1.27 bits per heavy atom. The van der Waals surface area contributed by atoms with Gasteiger partial charge in [-0.3, -0.25) is 4.79 Å². The highest BCUT2D eigenvalue weighted by Gasteiger charge is 2.25. The van der Waals surface area contributed by atoms with Crippen LogP contribution in [-0.4, -0.2) is 43.3 Å². The van der Waals surface area contributed by atoms with E-state index in [9.17, 15) is 14.9 Å². The number of nitrogens with zero attached hydrogens (tertiary/aromatic N) is 3. The predicted molar refractivity (Wildman–Crippen MR) is 113 cm³/mol. The van der Waals surface area contributed by atoms with Gasteiger partial charge in [-0.2, -0.15) is 5.26 Å². The second-order valence-corrected chi connectivity index (χ2v) is 7.14. The molecule has 0 fully saturated rings. The van der Waals surface area contributed by atoms with Crippen LogP contribution < -0.4 is 4.90 Å². The van der Waals surface area contributed by atoms with Crippen LogP contribution in [0.1, 0.15) is 22.5 Å². The van der Waals surface area contributed by atoms with E-state index in [-0.39, 0.29) is 11.5 Å². The zero-order chi connectivity index (χ0) is 21.7. The molecule has 0 saturated heterocycles. The first-order valence-corrected chi connectivity index (χ1v) is 9.79. The largest absolute Gasteiger partial charge is 0.451 e. The van der Waals surface area contributed by atoms with E-state index in [0.717, 1.165) is 34.6 Å². The van der Waals surface area contributed by atoms with Crippen molar-refractivity contribution < 1.29 is 19.1 Å². The van der Waals surface area contributed by atoms with Crippen LogP contribution in [0.25, 0.3) is 6.08 Å². The molecule has 0 aliphatic carbocycles. The maximum Gasteiger partial charge on any atom is 0.349 e. The van der Waals surface area contributed by atoms with Crippen molar-refractivity contribution >= 4 is 23.6 Å². The van der Waals surface area contributed by atoms with E-state index in [4.69, 9.17) is 9.47 Å². The van der Waals surface area contributed by atoms with Crippen molar-refractivity contribution in [2.45, 2.75) is 26.8 Å². The molecule has 156 valence electrons. The lowest BCUT2D eigenvalue weighted by molar-refractivity contribution is -0.143. The highest BCUT2D eigenvalue weighted by atomic mass is 16.5. The van der Waals surface area contributed by atoms with Crippen molar-refractivity contribution in [1.29, 1.82) is 5.26 Å². The van der Waals surface area contributed by atoms with Crippen molar-refractivity contribution in [3.63, 3.8) is 0 Å². The lowest BCUT2D eigenvalue weighted by Crippen LogP contribution is -2.33. The maximum atomic E-state index is 12.5. The number of amides is 1. The van der Waals surface area contributed by atoms with Crippen LogP contribution >= 0.6 is 0 Å². The first-order chi connectivity index (χ1) is 14.5. The molecule has 0 unspecified atom stereocenters. The average molecular weight is 407 g/mol. The number of esters is 1. The van der Waals surface area contributed by atoms with Gasteiger partial charge >= 0.3 is 5.97 Å². The Kier molecular flexibility index (Phi) is 6.70. The van der Waals surface area contributed by atoms with E-state index in [1.165, 1.54) is 6.08 Å². The number of hydrogen-bond donors (Lipinski definition) is 0. The maximum absolute atomic E-state index is 12.5. The molecule has 0 saturated carbocycles. The number of carbonyl (C=O) groups is 2. The normalized spacial score (nSPS) is 13.1. The molecule has 2 heterocycles. The fourth-order valence-electron chi connectivity index (χ4n) is 3.67. The van der Waals surface area contributed by atoms with Crippen molar-refractivity contribution in [2.24, 2.45) is 0 Å². The minimum absolute atomic E-state index is 0.142. The first-order valence-electron chi connectivity index (χ1n) is 9.79. The second-order valence-electron chi connectivity index (χ2n) is 7.14. The van der Waals surface area contributed by atoms with E-state index in [1.807, 2.05) is 50.2 Å². The molecule has 0 N–H and O–H groups in total. The van der Waals surface area contributed by atoms with Crippen LogP contribution in [0.4, 0.5) is 5.69 Å².